The summed E-state index contributed by atoms with van der Waals surface area (Å²) in [7, 11) is 0. The number of aryl methyl sites for hydroxylation is 1. The molecule has 0 spiro atoms. The first kappa shape index (κ1) is 12.7. The van der Waals surface area contributed by atoms with Crippen molar-refractivity contribution < 1.29 is 4.79 Å². The zero-order valence-electron chi connectivity index (χ0n) is 11.7. The van der Waals surface area contributed by atoms with E-state index in [1.807, 2.05) is 4.90 Å². The summed E-state index contributed by atoms with van der Waals surface area (Å²) in [6.45, 7) is 6.93. The van der Waals surface area contributed by atoms with E-state index in [0.717, 1.165) is 26.1 Å². The highest BCUT2D eigenvalue weighted by Gasteiger charge is 2.46. The number of piperazine rings is 1. The monoisotopic (exact) mass is 258 g/mol. The molecule has 1 heterocycles. The maximum absolute atomic E-state index is 12.5. The van der Waals surface area contributed by atoms with Crippen LogP contribution in [0.2, 0.25) is 0 Å². The van der Waals surface area contributed by atoms with Crippen molar-refractivity contribution in [2.24, 2.45) is 5.92 Å². The molecule has 2 aliphatic rings. The smallest absolute Gasteiger partial charge is 0.226 e. The average Bonchev–Trinajstić information content (AvgIpc) is 3.18. The standard InChI is InChI=1S/C16H22N2O/c1-11-5-3-4-6-13(11)14-9-15(14)16(19)18-8-7-17-12(2)10-18/h3-6,12,14-15,17H,7-10H2,1-2H3/t12-,14-,15+/m0/s1. The third kappa shape index (κ3) is 2.52. The minimum atomic E-state index is 0.228. The highest BCUT2D eigenvalue weighted by atomic mass is 16.2. The molecule has 1 saturated heterocycles. The molecule has 0 radical (unpaired) electrons. The van der Waals surface area contributed by atoms with Crippen LogP contribution in [0.1, 0.15) is 30.4 Å². The lowest BCUT2D eigenvalue weighted by Gasteiger charge is -2.32. The number of carbonyl (C=O) groups excluding carboxylic acids is 1. The van der Waals surface area contributed by atoms with E-state index in [0.29, 0.717) is 17.9 Å². The normalized spacial score (nSPS) is 30.2. The Hall–Kier alpha value is -1.35. The van der Waals surface area contributed by atoms with E-state index in [2.05, 4.69) is 43.4 Å². The third-order valence-electron chi connectivity index (χ3n) is 4.38. The van der Waals surface area contributed by atoms with Gasteiger partial charge in [0, 0.05) is 31.6 Å². The Bertz CT molecular complexity index is 485. The molecule has 1 N–H and O–H groups in total. The van der Waals surface area contributed by atoms with E-state index in [-0.39, 0.29) is 5.92 Å². The number of carbonyl (C=O) groups is 1. The molecule has 3 nitrogen and oxygen atoms in total. The van der Waals surface area contributed by atoms with Gasteiger partial charge in [0.15, 0.2) is 0 Å². The van der Waals surface area contributed by atoms with Gasteiger partial charge in [-0.25, -0.2) is 0 Å². The third-order valence-corrected chi connectivity index (χ3v) is 4.38. The van der Waals surface area contributed by atoms with Gasteiger partial charge in [0.25, 0.3) is 0 Å². The summed E-state index contributed by atoms with van der Waals surface area (Å²) in [6, 6.07) is 8.88. The zero-order chi connectivity index (χ0) is 13.4. The summed E-state index contributed by atoms with van der Waals surface area (Å²) in [5, 5.41) is 3.38. The molecule has 1 aromatic rings. The second-order valence-corrected chi connectivity index (χ2v) is 5.94. The maximum atomic E-state index is 12.5. The van der Waals surface area contributed by atoms with Gasteiger partial charge in [0.05, 0.1) is 0 Å². The molecular weight excluding hydrogens is 236 g/mol. The highest BCUT2D eigenvalue weighted by molar-refractivity contribution is 5.83. The number of rotatable bonds is 2. The Balaban J connectivity index is 1.66. The van der Waals surface area contributed by atoms with Gasteiger partial charge in [-0.15, -0.1) is 0 Å². The lowest BCUT2D eigenvalue weighted by Crippen LogP contribution is -2.51. The molecule has 1 aromatic carbocycles. The van der Waals surface area contributed by atoms with Crippen molar-refractivity contribution in [2.45, 2.75) is 32.2 Å². The molecule has 3 heteroatoms. The molecular formula is C16H22N2O. The van der Waals surface area contributed by atoms with Gasteiger partial charge in [-0.05, 0) is 37.3 Å². The first-order valence-electron chi connectivity index (χ1n) is 7.24. The molecule has 3 rings (SSSR count). The molecule has 1 saturated carbocycles. The topological polar surface area (TPSA) is 32.3 Å². The largest absolute Gasteiger partial charge is 0.340 e. The molecule has 102 valence electrons. The van der Waals surface area contributed by atoms with Gasteiger partial charge in [-0.1, -0.05) is 24.3 Å². The van der Waals surface area contributed by atoms with Crippen molar-refractivity contribution in [3.63, 3.8) is 0 Å². The molecule has 0 bridgehead atoms. The summed E-state index contributed by atoms with van der Waals surface area (Å²) < 4.78 is 0. The van der Waals surface area contributed by atoms with Crippen molar-refractivity contribution >= 4 is 5.91 Å². The minimum Gasteiger partial charge on any atom is -0.340 e. The molecule has 0 aromatic heterocycles. The maximum Gasteiger partial charge on any atom is 0.226 e. The number of benzene rings is 1. The number of hydrogen-bond acceptors (Lipinski definition) is 2. The van der Waals surface area contributed by atoms with Gasteiger partial charge in [0.2, 0.25) is 5.91 Å². The summed E-state index contributed by atoms with van der Waals surface area (Å²) in [5.41, 5.74) is 2.68. The van der Waals surface area contributed by atoms with Crippen LogP contribution in [0.25, 0.3) is 0 Å². The molecule has 3 atom stereocenters. The lowest BCUT2D eigenvalue weighted by molar-refractivity contribution is -0.133. The predicted molar refractivity (Wildman–Crippen MR) is 76.1 cm³/mol. The Kier molecular flexibility index (Phi) is 3.31. The van der Waals surface area contributed by atoms with Crippen molar-refractivity contribution in [2.75, 3.05) is 19.6 Å². The minimum absolute atomic E-state index is 0.228. The van der Waals surface area contributed by atoms with Crippen molar-refractivity contribution in [1.82, 2.24) is 10.2 Å². The zero-order valence-corrected chi connectivity index (χ0v) is 11.7. The van der Waals surface area contributed by atoms with E-state index in [9.17, 15) is 4.79 Å². The van der Waals surface area contributed by atoms with E-state index in [1.54, 1.807) is 0 Å². The molecule has 1 aliphatic carbocycles. The Morgan fingerprint density at radius 2 is 2.16 bits per heavy atom. The average molecular weight is 258 g/mol. The van der Waals surface area contributed by atoms with E-state index < -0.39 is 0 Å². The fourth-order valence-electron chi connectivity index (χ4n) is 3.18. The van der Waals surface area contributed by atoms with Crippen LogP contribution >= 0.6 is 0 Å². The Labute approximate surface area is 115 Å². The second kappa shape index (κ2) is 4.97. The second-order valence-electron chi connectivity index (χ2n) is 5.94. The van der Waals surface area contributed by atoms with Gasteiger partial charge < -0.3 is 10.2 Å². The number of amides is 1. The molecule has 1 amide bonds. The van der Waals surface area contributed by atoms with Crippen LogP contribution in [0, 0.1) is 12.8 Å². The lowest BCUT2D eigenvalue weighted by atomic mass is 10.0. The van der Waals surface area contributed by atoms with Gasteiger partial charge in [-0.3, -0.25) is 4.79 Å². The summed E-state index contributed by atoms with van der Waals surface area (Å²) in [6.07, 6.45) is 1.03. The van der Waals surface area contributed by atoms with Crippen LogP contribution in [0.3, 0.4) is 0 Å². The fraction of sp³-hybridized carbons (Fsp3) is 0.562. The van der Waals surface area contributed by atoms with Crippen LogP contribution in [-0.2, 0) is 4.79 Å². The van der Waals surface area contributed by atoms with Gasteiger partial charge in [-0.2, -0.15) is 0 Å². The highest BCUT2D eigenvalue weighted by Crippen LogP contribution is 2.49. The van der Waals surface area contributed by atoms with Gasteiger partial charge in [0.1, 0.15) is 0 Å². The molecule has 2 fully saturated rings. The van der Waals surface area contributed by atoms with Crippen molar-refractivity contribution in [3.8, 4) is 0 Å². The molecule has 1 aliphatic heterocycles. The van der Waals surface area contributed by atoms with Crippen LogP contribution in [0.5, 0.6) is 0 Å². The first-order valence-corrected chi connectivity index (χ1v) is 7.24. The van der Waals surface area contributed by atoms with E-state index in [1.165, 1.54) is 11.1 Å². The van der Waals surface area contributed by atoms with Crippen LogP contribution in [0.15, 0.2) is 24.3 Å². The summed E-state index contributed by atoms with van der Waals surface area (Å²) >= 11 is 0. The number of hydrogen-bond donors (Lipinski definition) is 1. The van der Waals surface area contributed by atoms with Crippen LogP contribution in [0.4, 0.5) is 0 Å². The van der Waals surface area contributed by atoms with Gasteiger partial charge >= 0.3 is 0 Å². The first-order chi connectivity index (χ1) is 9.16. The van der Waals surface area contributed by atoms with Crippen molar-refractivity contribution in [3.05, 3.63) is 35.4 Å². The number of nitrogens with zero attached hydrogens (tertiary/aromatic N) is 1. The van der Waals surface area contributed by atoms with E-state index in [4.69, 9.17) is 0 Å². The van der Waals surface area contributed by atoms with E-state index >= 15 is 0 Å². The molecule has 0 unspecified atom stereocenters. The Morgan fingerprint density at radius 1 is 1.37 bits per heavy atom. The predicted octanol–water partition coefficient (Wildman–Crippen LogP) is 1.92. The Morgan fingerprint density at radius 3 is 2.89 bits per heavy atom. The summed E-state index contributed by atoms with van der Waals surface area (Å²) in [4.78, 5) is 14.5. The fourth-order valence-corrected chi connectivity index (χ4v) is 3.18. The summed E-state index contributed by atoms with van der Waals surface area (Å²) in [5.74, 6) is 1.05. The number of nitrogens with one attached hydrogen (secondary N) is 1. The van der Waals surface area contributed by atoms with Crippen molar-refractivity contribution in [1.29, 1.82) is 0 Å². The molecule has 19 heavy (non-hydrogen) atoms. The SMILES string of the molecule is Cc1ccccc1[C@@H]1C[C@H]1C(=O)N1CCN[C@@H](C)C1. The van der Waals surface area contributed by atoms with Crippen LogP contribution in [-0.4, -0.2) is 36.5 Å². The quantitative estimate of drug-likeness (QED) is 0.879. The van der Waals surface area contributed by atoms with Crippen LogP contribution < -0.4 is 5.32 Å².